The van der Waals surface area contributed by atoms with Crippen molar-refractivity contribution in [2.45, 2.75) is 32.2 Å². The molecule has 4 heterocycles. The topological polar surface area (TPSA) is 80.8 Å². The van der Waals surface area contributed by atoms with Gasteiger partial charge in [0.15, 0.2) is 5.82 Å². The van der Waals surface area contributed by atoms with E-state index >= 15 is 0 Å². The van der Waals surface area contributed by atoms with Gasteiger partial charge in [0, 0.05) is 58.2 Å². The second-order valence-electron chi connectivity index (χ2n) is 7.28. The Hall–Kier alpha value is -2.97. The third-order valence-corrected chi connectivity index (χ3v) is 5.44. The molecule has 3 aromatic rings. The lowest BCUT2D eigenvalue weighted by Crippen LogP contribution is -2.36. The highest BCUT2D eigenvalue weighted by Crippen LogP contribution is 2.28. The molecule has 0 N–H and O–H groups in total. The zero-order valence-corrected chi connectivity index (χ0v) is 16.7. The Kier molecular flexibility index (Phi) is 5.23. The van der Waals surface area contributed by atoms with E-state index in [0.29, 0.717) is 12.5 Å². The highest BCUT2D eigenvalue weighted by Gasteiger charge is 2.27. The van der Waals surface area contributed by atoms with Crippen molar-refractivity contribution >= 4 is 11.8 Å². The molecule has 0 aliphatic carbocycles. The van der Waals surface area contributed by atoms with Crippen LogP contribution in [0.3, 0.4) is 0 Å². The van der Waals surface area contributed by atoms with Crippen LogP contribution in [-0.2, 0) is 13.6 Å². The monoisotopic (exact) mass is 381 g/mol. The van der Waals surface area contributed by atoms with Gasteiger partial charge in [-0.05, 0) is 25.8 Å². The summed E-state index contributed by atoms with van der Waals surface area (Å²) in [6, 6.07) is 1.96. The summed E-state index contributed by atoms with van der Waals surface area (Å²) >= 11 is 0. The van der Waals surface area contributed by atoms with Crippen molar-refractivity contribution < 1.29 is 0 Å². The number of anilines is 2. The normalized spacial score (nSPS) is 17.1. The Balaban J connectivity index is 1.51. The van der Waals surface area contributed by atoms with E-state index in [1.807, 2.05) is 37.1 Å². The minimum absolute atomic E-state index is 0.318. The van der Waals surface area contributed by atoms with Crippen LogP contribution in [-0.4, -0.2) is 61.0 Å². The maximum Gasteiger partial charge on any atom is 0.227 e. The highest BCUT2D eigenvalue weighted by atomic mass is 15.3. The summed E-state index contributed by atoms with van der Waals surface area (Å²) in [6.07, 6.45) is 9.55. The van der Waals surface area contributed by atoms with Gasteiger partial charge in [-0.25, -0.2) is 9.97 Å². The zero-order chi connectivity index (χ0) is 19.5. The van der Waals surface area contributed by atoms with Crippen LogP contribution in [0, 0.1) is 0 Å². The fourth-order valence-corrected chi connectivity index (χ4v) is 3.65. The number of imidazole rings is 1. The molecule has 0 bridgehead atoms. The van der Waals surface area contributed by atoms with Gasteiger partial charge < -0.3 is 18.9 Å². The van der Waals surface area contributed by atoms with Crippen LogP contribution >= 0.6 is 0 Å². The molecular formula is C19H27N9. The molecule has 1 saturated heterocycles. The van der Waals surface area contributed by atoms with Crippen LogP contribution in [0.4, 0.5) is 11.8 Å². The molecule has 9 nitrogen and oxygen atoms in total. The first-order valence-electron chi connectivity index (χ1n) is 9.78. The van der Waals surface area contributed by atoms with Crippen LogP contribution in [0.15, 0.2) is 31.0 Å². The average molecular weight is 381 g/mol. The summed E-state index contributed by atoms with van der Waals surface area (Å²) in [5, 5.41) is 8.93. The van der Waals surface area contributed by atoms with Crippen molar-refractivity contribution in [1.29, 1.82) is 0 Å². The van der Waals surface area contributed by atoms with Crippen LogP contribution in [0.25, 0.3) is 0 Å². The van der Waals surface area contributed by atoms with Crippen molar-refractivity contribution in [2.75, 3.05) is 36.5 Å². The number of nitrogens with zero attached hydrogens (tertiary/aromatic N) is 9. The van der Waals surface area contributed by atoms with E-state index in [-0.39, 0.29) is 0 Å². The summed E-state index contributed by atoms with van der Waals surface area (Å²) in [4.78, 5) is 17.8. The van der Waals surface area contributed by atoms with Crippen molar-refractivity contribution in [3.63, 3.8) is 0 Å². The number of aromatic nitrogens is 7. The average Bonchev–Trinajstić information content (AvgIpc) is 3.38. The molecule has 0 radical (unpaired) electrons. The van der Waals surface area contributed by atoms with Crippen molar-refractivity contribution in [2.24, 2.45) is 7.05 Å². The zero-order valence-electron chi connectivity index (χ0n) is 16.7. The van der Waals surface area contributed by atoms with E-state index < -0.39 is 0 Å². The number of hydrogen-bond donors (Lipinski definition) is 0. The first-order valence-corrected chi connectivity index (χ1v) is 9.78. The molecule has 1 fully saturated rings. The molecule has 3 aromatic heterocycles. The van der Waals surface area contributed by atoms with E-state index in [1.54, 1.807) is 12.5 Å². The first-order chi connectivity index (χ1) is 13.7. The van der Waals surface area contributed by atoms with Gasteiger partial charge in [-0.3, -0.25) is 0 Å². The van der Waals surface area contributed by atoms with Gasteiger partial charge in [-0.2, -0.15) is 4.98 Å². The maximum atomic E-state index is 4.76. The van der Waals surface area contributed by atoms with E-state index in [0.717, 1.165) is 55.9 Å². The first kappa shape index (κ1) is 18.4. The van der Waals surface area contributed by atoms with Crippen LogP contribution in [0.1, 0.15) is 37.3 Å². The molecule has 0 spiro atoms. The van der Waals surface area contributed by atoms with Crippen molar-refractivity contribution in [1.82, 2.24) is 34.3 Å². The Morgan fingerprint density at radius 1 is 1.25 bits per heavy atom. The largest absolute Gasteiger partial charge is 0.360 e. The van der Waals surface area contributed by atoms with Gasteiger partial charge in [0.05, 0.1) is 12.9 Å². The van der Waals surface area contributed by atoms with Gasteiger partial charge >= 0.3 is 0 Å². The standard InChI is InChI=1S/C19H27N9/c1-4-25(2)16-7-8-21-19(22-16)28-10-5-6-15(12-28)18-24-23-17(26(18)3)13-27-11-9-20-14-27/h7-9,11,14-15H,4-6,10,12-13H2,1-3H3/t15-/m1/s1. The Morgan fingerprint density at radius 2 is 2.14 bits per heavy atom. The lowest BCUT2D eigenvalue weighted by Gasteiger charge is -2.32. The second kappa shape index (κ2) is 7.95. The molecular weight excluding hydrogens is 354 g/mol. The third kappa shape index (κ3) is 3.69. The molecule has 0 amide bonds. The van der Waals surface area contributed by atoms with Crippen molar-refractivity contribution in [3.05, 3.63) is 42.6 Å². The predicted octanol–water partition coefficient (Wildman–Crippen LogP) is 1.69. The van der Waals surface area contributed by atoms with Gasteiger partial charge in [0.1, 0.15) is 11.6 Å². The summed E-state index contributed by atoms with van der Waals surface area (Å²) in [5.74, 6) is 4.03. The molecule has 0 aromatic carbocycles. The molecule has 28 heavy (non-hydrogen) atoms. The lowest BCUT2D eigenvalue weighted by atomic mass is 9.97. The van der Waals surface area contributed by atoms with Gasteiger partial charge in [-0.15, -0.1) is 10.2 Å². The highest BCUT2D eigenvalue weighted by molar-refractivity contribution is 5.43. The number of hydrogen-bond acceptors (Lipinski definition) is 7. The smallest absolute Gasteiger partial charge is 0.227 e. The van der Waals surface area contributed by atoms with Gasteiger partial charge in [0.2, 0.25) is 5.95 Å². The fourth-order valence-electron chi connectivity index (χ4n) is 3.65. The maximum absolute atomic E-state index is 4.76. The Bertz CT molecular complexity index is 902. The summed E-state index contributed by atoms with van der Waals surface area (Å²) in [6.45, 7) is 5.53. The van der Waals surface area contributed by atoms with Crippen LogP contribution < -0.4 is 9.80 Å². The van der Waals surface area contributed by atoms with Crippen LogP contribution in [0.2, 0.25) is 0 Å². The molecule has 148 valence electrons. The lowest BCUT2D eigenvalue weighted by molar-refractivity contribution is 0.473. The minimum atomic E-state index is 0.318. The van der Waals surface area contributed by atoms with E-state index in [2.05, 4.69) is 41.5 Å². The number of piperidine rings is 1. The van der Waals surface area contributed by atoms with Crippen molar-refractivity contribution in [3.8, 4) is 0 Å². The fraction of sp³-hybridized carbons (Fsp3) is 0.526. The second-order valence-corrected chi connectivity index (χ2v) is 7.28. The van der Waals surface area contributed by atoms with E-state index in [1.165, 1.54) is 0 Å². The molecule has 1 aliphatic rings. The molecule has 4 rings (SSSR count). The summed E-state index contributed by atoms with van der Waals surface area (Å²) in [5.41, 5.74) is 0. The summed E-state index contributed by atoms with van der Waals surface area (Å²) < 4.78 is 4.13. The molecule has 0 saturated carbocycles. The van der Waals surface area contributed by atoms with E-state index in [9.17, 15) is 0 Å². The summed E-state index contributed by atoms with van der Waals surface area (Å²) in [7, 11) is 4.10. The molecule has 9 heteroatoms. The van der Waals surface area contributed by atoms with E-state index in [4.69, 9.17) is 4.98 Å². The molecule has 0 unspecified atom stereocenters. The Morgan fingerprint density at radius 3 is 2.93 bits per heavy atom. The van der Waals surface area contributed by atoms with Crippen LogP contribution in [0.5, 0.6) is 0 Å². The SMILES string of the molecule is CCN(C)c1ccnc(N2CCC[C@@H](c3nnc(Cn4ccnc4)n3C)C2)n1. The molecule has 1 aliphatic heterocycles. The van der Waals surface area contributed by atoms with Gasteiger partial charge in [0.25, 0.3) is 0 Å². The molecule has 1 atom stereocenters. The predicted molar refractivity (Wildman–Crippen MR) is 107 cm³/mol. The third-order valence-electron chi connectivity index (χ3n) is 5.44. The quantitative estimate of drug-likeness (QED) is 0.643. The number of rotatable bonds is 6. The minimum Gasteiger partial charge on any atom is -0.360 e. The van der Waals surface area contributed by atoms with Gasteiger partial charge in [-0.1, -0.05) is 0 Å². The Labute approximate surface area is 165 Å².